The van der Waals surface area contributed by atoms with E-state index in [0.29, 0.717) is 5.39 Å². The number of rotatable bonds is 2. The number of nitrogens with one attached hydrogen (secondary N) is 2. The molecule has 3 rings (SSSR count). The molecule has 0 unspecified atom stereocenters. The van der Waals surface area contributed by atoms with Crippen molar-refractivity contribution >= 4 is 45.7 Å². The van der Waals surface area contributed by atoms with Crippen LogP contribution in [-0.4, -0.2) is 26.1 Å². The van der Waals surface area contributed by atoms with Gasteiger partial charge in [0.2, 0.25) is 0 Å². The van der Waals surface area contributed by atoms with Crippen LogP contribution in [0.5, 0.6) is 0 Å². The van der Waals surface area contributed by atoms with Gasteiger partial charge in [0.05, 0.1) is 5.52 Å². The first-order valence-corrected chi connectivity index (χ1v) is 6.33. The summed E-state index contributed by atoms with van der Waals surface area (Å²) in [6, 6.07) is 7.28. The first kappa shape index (κ1) is 12.8. The third-order valence-electron chi connectivity index (χ3n) is 2.68. The highest BCUT2D eigenvalue weighted by Crippen LogP contribution is 2.26. The molecule has 100 valence electrons. The summed E-state index contributed by atoms with van der Waals surface area (Å²) in [5.41, 5.74) is 1.17. The molecule has 3 aromatic rings. The fraction of sp³-hybridized carbons (Fsp3) is 0. The van der Waals surface area contributed by atoms with Crippen molar-refractivity contribution in [3.8, 4) is 0 Å². The van der Waals surface area contributed by atoms with Gasteiger partial charge in [-0.3, -0.25) is 9.89 Å². The van der Waals surface area contributed by atoms with Gasteiger partial charge in [-0.25, -0.2) is 9.97 Å². The maximum atomic E-state index is 12.2. The molecule has 2 heterocycles. The van der Waals surface area contributed by atoms with Gasteiger partial charge in [0.15, 0.2) is 16.0 Å². The van der Waals surface area contributed by atoms with Gasteiger partial charge in [-0.2, -0.15) is 5.10 Å². The van der Waals surface area contributed by atoms with Crippen molar-refractivity contribution in [2.24, 2.45) is 0 Å². The summed E-state index contributed by atoms with van der Waals surface area (Å²) in [6.07, 6.45) is 1.21. The van der Waals surface area contributed by atoms with E-state index in [4.69, 9.17) is 23.2 Å². The Hall–Kier alpha value is -2.18. The van der Waals surface area contributed by atoms with Gasteiger partial charge in [-0.05, 0) is 6.07 Å². The van der Waals surface area contributed by atoms with E-state index in [-0.39, 0.29) is 21.7 Å². The van der Waals surface area contributed by atoms with E-state index in [1.165, 1.54) is 6.33 Å². The number of carbonyl (C=O) groups excluding carboxylic acids is 1. The molecule has 0 aliphatic carbocycles. The molecule has 2 aromatic heterocycles. The summed E-state index contributed by atoms with van der Waals surface area (Å²) in [5, 5.41) is 10.2. The van der Waals surface area contributed by atoms with E-state index in [1.807, 2.05) is 18.2 Å². The van der Waals surface area contributed by atoms with E-state index in [2.05, 4.69) is 25.5 Å². The van der Waals surface area contributed by atoms with Crippen molar-refractivity contribution in [2.75, 3.05) is 5.32 Å². The summed E-state index contributed by atoms with van der Waals surface area (Å²) in [7, 11) is 0. The fourth-order valence-electron chi connectivity index (χ4n) is 1.76. The Morgan fingerprint density at radius 2 is 1.85 bits per heavy atom. The van der Waals surface area contributed by atoms with Crippen molar-refractivity contribution in [3.05, 3.63) is 46.6 Å². The van der Waals surface area contributed by atoms with E-state index in [9.17, 15) is 4.79 Å². The molecule has 2 N–H and O–H groups in total. The highest BCUT2D eigenvalue weighted by Gasteiger charge is 2.17. The number of hydrogen-bond acceptors (Lipinski definition) is 4. The number of anilines is 1. The van der Waals surface area contributed by atoms with Crippen LogP contribution < -0.4 is 5.32 Å². The smallest absolute Gasteiger partial charge is 0.276 e. The van der Waals surface area contributed by atoms with Gasteiger partial charge >= 0.3 is 0 Å². The van der Waals surface area contributed by atoms with Crippen molar-refractivity contribution in [1.29, 1.82) is 0 Å². The SMILES string of the molecule is O=C(Nc1c(Cl)ncnc1Cl)c1n[nH]c2ccccc12. The van der Waals surface area contributed by atoms with Crippen LogP contribution in [0.1, 0.15) is 10.5 Å². The van der Waals surface area contributed by atoms with Gasteiger partial charge < -0.3 is 5.32 Å². The molecule has 0 spiro atoms. The topological polar surface area (TPSA) is 83.6 Å². The van der Waals surface area contributed by atoms with Crippen LogP contribution >= 0.6 is 23.2 Å². The van der Waals surface area contributed by atoms with Crippen LogP contribution in [0.4, 0.5) is 5.69 Å². The maximum absolute atomic E-state index is 12.2. The van der Waals surface area contributed by atoms with Crippen LogP contribution in [-0.2, 0) is 0 Å². The average molecular weight is 308 g/mol. The van der Waals surface area contributed by atoms with E-state index >= 15 is 0 Å². The first-order valence-electron chi connectivity index (χ1n) is 5.57. The van der Waals surface area contributed by atoms with Crippen molar-refractivity contribution in [2.45, 2.75) is 0 Å². The van der Waals surface area contributed by atoms with Crippen LogP contribution in [0.25, 0.3) is 10.9 Å². The zero-order valence-corrected chi connectivity index (χ0v) is 11.4. The number of aromatic amines is 1. The number of benzene rings is 1. The summed E-state index contributed by atoms with van der Waals surface area (Å²) in [4.78, 5) is 19.8. The molecule has 0 fully saturated rings. The van der Waals surface area contributed by atoms with Gasteiger partial charge in [0.1, 0.15) is 12.0 Å². The Labute approximate surface area is 123 Å². The maximum Gasteiger partial charge on any atom is 0.276 e. The number of amides is 1. The van der Waals surface area contributed by atoms with Crippen molar-refractivity contribution in [1.82, 2.24) is 20.2 Å². The van der Waals surface area contributed by atoms with Crippen molar-refractivity contribution in [3.63, 3.8) is 0 Å². The molecule has 0 saturated carbocycles. The molecular weight excluding hydrogens is 301 g/mol. The lowest BCUT2D eigenvalue weighted by atomic mass is 10.2. The normalized spacial score (nSPS) is 10.7. The molecule has 8 heteroatoms. The Kier molecular flexibility index (Phi) is 3.25. The van der Waals surface area contributed by atoms with Crippen LogP contribution in [0.2, 0.25) is 10.3 Å². The van der Waals surface area contributed by atoms with E-state index in [1.54, 1.807) is 6.07 Å². The highest BCUT2D eigenvalue weighted by atomic mass is 35.5. The molecule has 6 nitrogen and oxygen atoms in total. The molecule has 0 aliphatic rings. The second-order valence-electron chi connectivity index (χ2n) is 3.90. The number of H-pyrrole nitrogens is 1. The molecule has 1 amide bonds. The van der Waals surface area contributed by atoms with Gasteiger partial charge in [-0.1, -0.05) is 41.4 Å². The fourth-order valence-corrected chi connectivity index (χ4v) is 2.17. The molecule has 1 aromatic carbocycles. The molecule has 0 bridgehead atoms. The Morgan fingerprint density at radius 3 is 2.60 bits per heavy atom. The number of fused-ring (bicyclic) bond motifs is 1. The monoisotopic (exact) mass is 307 g/mol. The lowest BCUT2D eigenvalue weighted by molar-refractivity contribution is 0.102. The minimum Gasteiger partial charge on any atom is -0.315 e. The van der Waals surface area contributed by atoms with Gasteiger partial charge in [0.25, 0.3) is 5.91 Å². The van der Waals surface area contributed by atoms with E-state index in [0.717, 1.165) is 5.52 Å². The van der Waals surface area contributed by atoms with Crippen LogP contribution in [0.15, 0.2) is 30.6 Å². The Morgan fingerprint density at radius 1 is 1.15 bits per heavy atom. The number of para-hydroxylation sites is 1. The number of nitrogens with zero attached hydrogens (tertiary/aromatic N) is 3. The lowest BCUT2D eigenvalue weighted by Gasteiger charge is -2.06. The predicted octanol–water partition coefficient (Wildman–Crippen LogP) is 2.91. The molecular formula is C12H7Cl2N5O. The molecule has 0 radical (unpaired) electrons. The van der Waals surface area contributed by atoms with Crippen LogP contribution in [0.3, 0.4) is 0 Å². The minimum absolute atomic E-state index is 0.0678. The van der Waals surface area contributed by atoms with E-state index < -0.39 is 5.91 Å². The minimum atomic E-state index is -0.443. The molecule has 0 saturated heterocycles. The largest absolute Gasteiger partial charge is 0.315 e. The Balaban J connectivity index is 1.98. The zero-order valence-electron chi connectivity index (χ0n) is 9.89. The zero-order chi connectivity index (χ0) is 14.1. The summed E-state index contributed by atoms with van der Waals surface area (Å²) in [5.74, 6) is -0.443. The quantitative estimate of drug-likeness (QED) is 0.713. The van der Waals surface area contributed by atoms with Gasteiger partial charge in [-0.15, -0.1) is 0 Å². The van der Waals surface area contributed by atoms with Crippen LogP contribution in [0, 0.1) is 0 Å². The first-order chi connectivity index (χ1) is 9.66. The number of hydrogen-bond donors (Lipinski definition) is 2. The third kappa shape index (κ3) is 2.19. The number of halogens is 2. The number of carbonyl (C=O) groups is 1. The predicted molar refractivity (Wildman–Crippen MR) is 76.1 cm³/mol. The standard InChI is InChI=1S/C12H7Cl2N5O/c13-10-9(11(14)16-5-15-10)17-12(20)8-6-3-1-2-4-7(6)18-19-8/h1-5H,(H,17,20)(H,18,19). The molecule has 20 heavy (non-hydrogen) atoms. The lowest BCUT2D eigenvalue weighted by Crippen LogP contribution is -2.14. The molecule has 0 aliphatic heterocycles. The second kappa shape index (κ2) is 5.07. The molecule has 0 atom stereocenters. The third-order valence-corrected chi connectivity index (χ3v) is 3.25. The summed E-state index contributed by atoms with van der Waals surface area (Å²) >= 11 is 11.7. The van der Waals surface area contributed by atoms with Gasteiger partial charge in [0, 0.05) is 5.39 Å². The number of aromatic nitrogens is 4. The summed E-state index contributed by atoms with van der Waals surface area (Å²) in [6.45, 7) is 0. The average Bonchev–Trinajstić information content (AvgIpc) is 2.87. The Bertz CT molecular complexity index is 781. The highest BCUT2D eigenvalue weighted by molar-refractivity contribution is 6.38. The van der Waals surface area contributed by atoms with Crippen molar-refractivity contribution < 1.29 is 4.79 Å². The second-order valence-corrected chi connectivity index (χ2v) is 4.62. The summed E-state index contributed by atoms with van der Waals surface area (Å²) < 4.78 is 0.